The summed E-state index contributed by atoms with van der Waals surface area (Å²) in [5, 5.41) is 0. The Labute approximate surface area is 80.4 Å². The highest BCUT2D eigenvalue weighted by atomic mass is 15.2. The predicted octanol–water partition coefficient (Wildman–Crippen LogP) is 2.51. The molecule has 1 heterocycles. The number of hydrogen-bond acceptors (Lipinski definition) is 2. The highest BCUT2D eigenvalue weighted by molar-refractivity contribution is 5.56. The number of nitrogens with two attached hydrogens (primary N) is 1. The van der Waals surface area contributed by atoms with E-state index in [0.29, 0.717) is 0 Å². The molecule has 0 saturated carbocycles. The van der Waals surface area contributed by atoms with Crippen molar-refractivity contribution in [2.24, 2.45) is 0 Å². The molecule has 0 spiro atoms. The molecule has 0 amide bonds. The van der Waals surface area contributed by atoms with Gasteiger partial charge in [0, 0.05) is 24.5 Å². The second kappa shape index (κ2) is 4.75. The van der Waals surface area contributed by atoms with Crippen molar-refractivity contribution in [3.8, 4) is 0 Å². The summed E-state index contributed by atoms with van der Waals surface area (Å²) in [6, 6.07) is 8.06. The summed E-state index contributed by atoms with van der Waals surface area (Å²) in [7, 11) is 0. The SMILES string of the molecule is CC.Nc1cccc(N2CCC2)c1. The molecule has 0 atom stereocenters. The summed E-state index contributed by atoms with van der Waals surface area (Å²) in [6.45, 7) is 6.37. The lowest BCUT2D eigenvalue weighted by molar-refractivity contribution is 0.618. The number of rotatable bonds is 1. The molecule has 13 heavy (non-hydrogen) atoms. The van der Waals surface area contributed by atoms with Gasteiger partial charge in [-0.2, -0.15) is 0 Å². The average molecular weight is 178 g/mol. The zero-order valence-electron chi connectivity index (χ0n) is 8.46. The minimum Gasteiger partial charge on any atom is -0.399 e. The van der Waals surface area contributed by atoms with Crippen LogP contribution in [-0.4, -0.2) is 13.1 Å². The van der Waals surface area contributed by atoms with E-state index >= 15 is 0 Å². The van der Waals surface area contributed by atoms with Gasteiger partial charge in [0.25, 0.3) is 0 Å². The maximum atomic E-state index is 5.65. The summed E-state index contributed by atoms with van der Waals surface area (Å²) in [5.74, 6) is 0. The Morgan fingerprint density at radius 1 is 1.23 bits per heavy atom. The first-order chi connectivity index (χ1) is 6.36. The lowest BCUT2D eigenvalue weighted by Gasteiger charge is -2.33. The Hall–Kier alpha value is -1.18. The van der Waals surface area contributed by atoms with E-state index in [1.807, 2.05) is 32.0 Å². The van der Waals surface area contributed by atoms with E-state index in [0.717, 1.165) is 5.69 Å². The fourth-order valence-corrected chi connectivity index (χ4v) is 1.30. The van der Waals surface area contributed by atoms with Crippen molar-refractivity contribution in [2.45, 2.75) is 20.3 Å². The maximum Gasteiger partial charge on any atom is 0.0386 e. The molecule has 1 aromatic carbocycles. The van der Waals surface area contributed by atoms with E-state index in [1.54, 1.807) is 0 Å². The first-order valence-electron chi connectivity index (χ1n) is 4.97. The van der Waals surface area contributed by atoms with Gasteiger partial charge in [0.1, 0.15) is 0 Å². The second-order valence-corrected chi connectivity index (χ2v) is 2.94. The smallest absolute Gasteiger partial charge is 0.0386 e. The molecule has 2 N–H and O–H groups in total. The lowest BCUT2D eigenvalue weighted by Crippen LogP contribution is -2.36. The Morgan fingerprint density at radius 2 is 1.92 bits per heavy atom. The van der Waals surface area contributed by atoms with E-state index in [4.69, 9.17) is 5.73 Å². The molecule has 2 nitrogen and oxygen atoms in total. The molecule has 0 unspecified atom stereocenters. The minimum absolute atomic E-state index is 0.856. The molecule has 0 aromatic heterocycles. The molecule has 72 valence electrons. The van der Waals surface area contributed by atoms with E-state index in [1.165, 1.54) is 25.2 Å². The number of anilines is 2. The lowest BCUT2D eigenvalue weighted by atomic mass is 10.1. The van der Waals surface area contributed by atoms with Crippen LogP contribution in [0.2, 0.25) is 0 Å². The van der Waals surface area contributed by atoms with Crippen LogP contribution < -0.4 is 10.6 Å². The number of benzene rings is 1. The first kappa shape index (κ1) is 9.90. The van der Waals surface area contributed by atoms with Crippen LogP contribution in [0.25, 0.3) is 0 Å². The van der Waals surface area contributed by atoms with Gasteiger partial charge in [-0.3, -0.25) is 0 Å². The summed E-state index contributed by atoms with van der Waals surface area (Å²) in [4.78, 5) is 2.33. The highest BCUT2D eigenvalue weighted by Crippen LogP contribution is 2.21. The molecule has 1 fully saturated rings. The summed E-state index contributed by atoms with van der Waals surface area (Å²) in [5.41, 5.74) is 7.76. The Bertz CT molecular complexity index is 254. The maximum absolute atomic E-state index is 5.65. The number of hydrogen-bond donors (Lipinski definition) is 1. The van der Waals surface area contributed by atoms with Crippen molar-refractivity contribution in [3.63, 3.8) is 0 Å². The third-order valence-electron chi connectivity index (χ3n) is 2.09. The summed E-state index contributed by atoms with van der Waals surface area (Å²) in [6.07, 6.45) is 1.31. The second-order valence-electron chi connectivity index (χ2n) is 2.94. The van der Waals surface area contributed by atoms with Gasteiger partial charge in [-0.25, -0.2) is 0 Å². The van der Waals surface area contributed by atoms with Crippen LogP contribution in [0.15, 0.2) is 24.3 Å². The van der Waals surface area contributed by atoms with Crippen LogP contribution in [0.5, 0.6) is 0 Å². The summed E-state index contributed by atoms with van der Waals surface area (Å²) < 4.78 is 0. The largest absolute Gasteiger partial charge is 0.399 e. The van der Waals surface area contributed by atoms with Gasteiger partial charge in [0.05, 0.1) is 0 Å². The van der Waals surface area contributed by atoms with Gasteiger partial charge >= 0.3 is 0 Å². The van der Waals surface area contributed by atoms with Crippen LogP contribution in [0.3, 0.4) is 0 Å². The predicted molar refractivity (Wildman–Crippen MR) is 59.0 cm³/mol. The standard InChI is InChI=1S/C9H12N2.C2H6/c10-8-3-1-4-9(7-8)11-5-2-6-11;1-2/h1,3-4,7H,2,5-6,10H2;1-2H3. The molecule has 2 heteroatoms. The monoisotopic (exact) mass is 178 g/mol. The highest BCUT2D eigenvalue weighted by Gasteiger charge is 2.13. The fourth-order valence-electron chi connectivity index (χ4n) is 1.30. The van der Waals surface area contributed by atoms with Crippen molar-refractivity contribution >= 4 is 11.4 Å². The zero-order chi connectivity index (χ0) is 9.68. The van der Waals surface area contributed by atoms with Crippen molar-refractivity contribution in [1.82, 2.24) is 0 Å². The molecule has 1 aromatic rings. The Morgan fingerprint density at radius 3 is 2.38 bits per heavy atom. The van der Waals surface area contributed by atoms with Crippen LogP contribution in [-0.2, 0) is 0 Å². The van der Waals surface area contributed by atoms with Crippen molar-refractivity contribution < 1.29 is 0 Å². The normalized spacial score (nSPS) is 14.2. The molecule has 0 radical (unpaired) electrons. The van der Waals surface area contributed by atoms with Gasteiger partial charge < -0.3 is 10.6 Å². The Kier molecular flexibility index (Phi) is 3.62. The fraction of sp³-hybridized carbons (Fsp3) is 0.455. The number of nitrogen functional groups attached to an aromatic ring is 1. The third kappa shape index (κ3) is 2.38. The number of nitrogens with zero attached hydrogens (tertiary/aromatic N) is 1. The quantitative estimate of drug-likeness (QED) is 0.669. The third-order valence-corrected chi connectivity index (χ3v) is 2.09. The first-order valence-corrected chi connectivity index (χ1v) is 4.97. The van der Waals surface area contributed by atoms with Gasteiger partial charge in [-0.1, -0.05) is 19.9 Å². The van der Waals surface area contributed by atoms with Crippen molar-refractivity contribution in [1.29, 1.82) is 0 Å². The van der Waals surface area contributed by atoms with Gasteiger partial charge in [0.2, 0.25) is 0 Å². The van der Waals surface area contributed by atoms with Crippen LogP contribution in [0, 0.1) is 0 Å². The molecule has 0 bridgehead atoms. The molecule has 1 saturated heterocycles. The molecular weight excluding hydrogens is 160 g/mol. The molecule has 1 aliphatic heterocycles. The van der Waals surface area contributed by atoms with Gasteiger partial charge in [-0.15, -0.1) is 0 Å². The van der Waals surface area contributed by atoms with E-state index in [9.17, 15) is 0 Å². The molecule has 0 aliphatic carbocycles. The average Bonchev–Trinajstić information content (AvgIpc) is 2.05. The van der Waals surface area contributed by atoms with Gasteiger partial charge in [-0.05, 0) is 24.6 Å². The van der Waals surface area contributed by atoms with E-state index < -0.39 is 0 Å². The zero-order valence-corrected chi connectivity index (χ0v) is 8.46. The molecule has 2 rings (SSSR count). The Balaban J connectivity index is 0.000000396. The van der Waals surface area contributed by atoms with Crippen LogP contribution in [0.1, 0.15) is 20.3 Å². The van der Waals surface area contributed by atoms with Gasteiger partial charge in [0.15, 0.2) is 0 Å². The molecule has 1 aliphatic rings. The van der Waals surface area contributed by atoms with E-state index in [-0.39, 0.29) is 0 Å². The summed E-state index contributed by atoms with van der Waals surface area (Å²) >= 11 is 0. The van der Waals surface area contributed by atoms with Crippen LogP contribution >= 0.6 is 0 Å². The van der Waals surface area contributed by atoms with Crippen LogP contribution in [0.4, 0.5) is 11.4 Å². The van der Waals surface area contributed by atoms with Crippen molar-refractivity contribution in [2.75, 3.05) is 23.7 Å². The molecular formula is C11H18N2. The van der Waals surface area contributed by atoms with Crippen molar-refractivity contribution in [3.05, 3.63) is 24.3 Å². The topological polar surface area (TPSA) is 29.3 Å². The minimum atomic E-state index is 0.856. The van der Waals surface area contributed by atoms with E-state index in [2.05, 4.69) is 11.0 Å².